The van der Waals surface area contributed by atoms with Gasteiger partial charge in [0.2, 0.25) is 10.0 Å². The van der Waals surface area contributed by atoms with Crippen LogP contribution in [0.1, 0.15) is 46.5 Å². The summed E-state index contributed by atoms with van der Waals surface area (Å²) in [6.07, 6.45) is -1.94. The van der Waals surface area contributed by atoms with E-state index in [2.05, 4.69) is 20.1 Å². The van der Waals surface area contributed by atoms with Crippen LogP contribution in [-0.4, -0.2) is 76.0 Å². The number of carbonyl (C=O) groups is 2. The third kappa shape index (κ3) is 5.47. The summed E-state index contributed by atoms with van der Waals surface area (Å²) >= 11 is 0. The molecule has 39 heavy (non-hydrogen) atoms. The van der Waals surface area contributed by atoms with Gasteiger partial charge in [0.25, 0.3) is 11.8 Å². The summed E-state index contributed by atoms with van der Waals surface area (Å²) in [6, 6.07) is 1.58. The summed E-state index contributed by atoms with van der Waals surface area (Å²) in [6.45, 7) is 1.92. The maximum absolute atomic E-state index is 13.4. The van der Waals surface area contributed by atoms with Crippen LogP contribution in [0.3, 0.4) is 0 Å². The second-order valence-corrected chi connectivity index (χ2v) is 10.9. The molecule has 2 unspecified atom stereocenters. The molecule has 12 nitrogen and oxygen atoms in total. The second kappa shape index (κ2) is 10.00. The normalized spacial score (nSPS) is 15.4. The standard InChI is InChI=1S/C23H26F3N7O5S/c1-4-14(10-34)28-21(35)18-19(27)30-33-6-5-15(29-20(18)33)12-7-13-9-32(11(2)23(24,25)26)22(36)17(13)16(8-12)31-39(3,37)38/h5-8,11,14,31,34H,4,9-10H2,1-3H3,(H2,27,30)(H,28,35). The molecule has 3 heterocycles. The molecule has 210 valence electrons. The van der Waals surface area contributed by atoms with Gasteiger partial charge in [-0.15, -0.1) is 5.10 Å². The lowest BCUT2D eigenvalue weighted by atomic mass is 10.0. The average Bonchev–Trinajstić information content (AvgIpc) is 3.35. The lowest BCUT2D eigenvalue weighted by Gasteiger charge is -2.26. The highest BCUT2D eigenvalue weighted by atomic mass is 32.2. The number of sulfonamides is 1. The lowest BCUT2D eigenvalue weighted by Crippen LogP contribution is -2.43. The maximum atomic E-state index is 13.4. The summed E-state index contributed by atoms with van der Waals surface area (Å²) < 4.78 is 67.8. The van der Waals surface area contributed by atoms with Crippen molar-refractivity contribution in [1.29, 1.82) is 0 Å². The van der Waals surface area contributed by atoms with E-state index in [0.29, 0.717) is 11.3 Å². The molecule has 1 aliphatic heterocycles. The zero-order chi connectivity index (χ0) is 28.9. The molecule has 2 amide bonds. The highest BCUT2D eigenvalue weighted by molar-refractivity contribution is 7.92. The van der Waals surface area contributed by atoms with Crippen LogP contribution in [0.15, 0.2) is 24.4 Å². The summed E-state index contributed by atoms with van der Waals surface area (Å²) in [5, 5.41) is 16.1. The number of fused-ring (bicyclic) bond motifs is 2. The molecule has 4 rings (SSSR count). The Labute approximate surface area is 221 Å². The Morgan fingerprint density at radius 1 is 1.31 bits per heavy atom. The number of aliphatic hydroxyl groups excluding tert-OH is 1. The number of aliphatic hydroxyl groups is 1. The molecule has 0 saturated carbocycles. The van der Waals surface area contributed by atoms with Crippen molar-refractivity contribution in [3.63, 3.8) is 0 Å². The van der Waals surface area contributed by atoms with Crippen molar-refractivity contribution in [3.05, 3.63) is 41.1 Å². The van der Waals surface area contributed by atoms with E-state index in [-0.39, 0.29) is 51.7 Å². The van der Waals surface area contributed by atoms with Crippen molar-refractivity contribution in [1.82, 2.24) is 24.8 Å². The fraction of sp³-hybridized carbons (Fsp3) is 0.391. The Balaban J connectivity index is 1.83. The number of rotatable bonds is 8. The topological polar surface area (TPSA) is 172 Å². The van der Waals surface area contributed by atoms with Gasteiger partial charge < -0.3 is 21.1 Å². The zero-order valence-corrected chi connectivity index (χ0v) is 21.9. The monoisotopic (exact) mass is 569 g/mol. The molecule has 2 atom stereocenters. The van der Waals surface area contributed by atoms with Gasteiger partial charge in [-0.2, -0.15) is 13.2 Å². The fourth-order valence-corrected chi connectivity index (χ4v) is 4.82. The van der Waals surface area contributed by atoms with Crippen molar-refractivity contribution < 1.29 is 36.3 Å². The molecule has 1 aliphatic rings. The molecule has 0 spiro atoms. The van der Waals surface area contributed by atoms with Crippen molar-refractivity contribution >= 4 is 39.0 Å². The number of anilines is 2. The largest absolute Gasteiger partial charge is 0.408 e. The summed E-state index contributed by atoms with van der Waals surface area (Å²) in [7, 11) is -3.92. The van der Waals surface area contributed by atoms with Crippen molar-refractivity contribution in [2.24, 2.45) is 0 Å². The summed E-state index contributed by atoms with van der Waals surface area (Å²) in [5.41, 5.74) is 6.21. The van der Waals surface area contributed by atoms with E-state index in [1.54, 1.807) is 6.92 Å². The van der Waals surface area contributed by atoms with Gasteiger partial charge in [-0.05, 0) is 37.1 Å². The minimum atomic E-state index is -4.69. The molecular formula is C23H26F3N7O5S. The summed E-state index contributed by atoms with van der Waals surface area (Å²) in [5.74, 6) is -1.71. The fourth-order valence-electron chi connectivity index (χ4n) is 4.26. The molecule has 5 N–H and O–H groups in total. The Morgan fingerprint density at radius 3 is 2.59 bits per heavy atom. The molecule has 0 aliphatic carbocycles. The van der Waals surface area contributed by atoms with E-state index in [9.17, 15) is 36.3 Å². The highest BCUT2D eigenvalue weighted by Gasteiger charge is 2.46. The van der Waals surface area contributed by atoms with Crippen LogP contribution in [-0.2, 0) is 16.6 Å². The molecule has 0 radical (unpaired) electrons. The third-order valence-corrected chi connectivity index (χ3v) is 6.95. The zero-order valence-electron chi connectivity index (χ0n) is 21.1. The molecule has 2 aromatic heterocycles. The van der Waals surface area contributed by atoms with E-state index in [4.69, 9.17) is 5.73 Å². The Bertz CT molecular complexity index is 1570. The molecule has 0 fully saturated rings. The predicted octanol–water partition coefficient (Wildman–Crippen LogP) is 1.76. The smallest absolute Gasteiger partial charge is 0.394 e. The first-order chi connectivity index (χ1) is 18.1. The predicted molar refractivity (Wildman–Crippen MR) is 135 cm³/mol. The SMILES string of the molecule is CCC(CO)NC(=O)c1c(N)nn2ccc(-c3cc4c(c(NS(C)(=O)=O)c3)C(=O)N(C(C)C(F)(F)F)C4)nc12. The minimum absolute atomic E-state index is 0.0526. The van der Waals surface area contributed by atoms with Crippen LogP contribution in [0.5, 0.6) is 0 Å². The van der Waals surface area contributed by atoms with Gasteiger partial charge in [-0.3, -0.25) is 14.3 Å². The van der Waals surface area contributed by atoms with E-state index in [0.717, 1.165) is 13.2 Å². The number of hydrogen-bond acceptors (Lipinski definition) is 8. The molecule has 0 saturated heterocycles. The first kappa shape index (κ1) is 28.1. The number of nitrogens with one attached hydrogen (secondary N) is 2. The van der Waals surface area contributed by atoms with E-state index in [1.807, 2.05) is 0 Å². The van der Waals surface area contributed by atoms with Crippen LogP contribution in [0.25, 0.3) is 16.9 Å². The lowest BCUT2D eigenvalue weighted by molar-refractivity contribution is -0.172. The number of hydrogen-bond donors (Lipinski definition) is 4. The minimum Gasteiger partial charge on any atom is -0.394 e. The Kier molecular flexibility index (Phi) is 7.20. The number of amides is 2. The summed E-state index contributed by atoms with van der Waals surface area (Å²) in [4.78, 5) is 30.9. The molecular weight excluding hydrogens is 543 g/mol. The first-order valence-corrected chi connectivity index (χ1v) is 13.6. The third-order valence-electron chi connectivity index (χ3n) is 6.36. The second-order valence-electron chi connectivity index (χ2n) is 9.19. The van der Waals surface area contributed by atoms with Gasteiger partial charge >= 0.3 is 6.18 Å². The van der Waals surface area contributed by atoms with E-state index >= 15 is 0 Å². The molecule has 16 heteroatoms. The van der Waals surface area contributed by atoms with E-state index < -0.39 is 46.6 Å². The van der Waals surface area contributed by atoms with Crippen LogP contribution in [0.4, 0.5) is 24.7 Å². The average molecular weight is 570 g/mol. The number of nitrogens with two attached hydrogens (primary N) is 1. The van der Waals surface area contributed by atoms with Crippen molar-refractivity contribution in [2.75, 3.05) is 23.3 Å². The number of benzene rings is 1. The number of nitrogens with zero attached hydrogens (tertiary/aromatic N) is 4. The maximum Gasteiger partial charge on any atom is 0.408 e. The van der Waals surface area contributed by atoms with Crippen LogP contribution in [0.2, 0.25) is 0 Å². The number of halogens is 3. The van der Waals surface area contributed by atoms with Crippen LogP contribution < -0.4 is 15.8 Å². The van der Waals surface area contributed by atoms with Gasteiger partial charge in [0, 0.05) is 18.3 Å². The number of aromatic nitrogens is 3. The Hall–Kier alpha value is -3.92. The van der Waals surface area contributed by atoms with Crippen LogP contribution >= 0.6 is 0 Å². The number of carbonyl (C=O) groups excluding carboxylic acids is 2. The quantitative estimate of drug-likeness (QED) is 0.318. The van der Waals surface area contributed by atoms with Gasteiger partial charge in [0.05, 0.1) is 35.8 Å². The number of alkyl halides is 3. The van der Waals surface area contributed by atoms with Crippen LogP contribution in [0, 0.1) is 0 Å². The molecule has 0 bridgehead atoms. The van der Waals surface area contributed by atoms with Gasteiger partial charge in [-0.1, -0.05) is 6.92 Å². The highest BCUT2D eigenvalue weighted by Crippen LogP contribution is 2.38. The first-order valence-electron chi connectivity index (χ1n) is 11.7. The van der Waals surface area contributed by atoms with Crippen molar-refractivity contribution in [3.8, 4) is 11.3 Å². The van der Waals surface area contributed by atoms with Crippen molar-refractivity contribution in [2.45, 2.75) is 45.1 Å². The molecule has 1 aromatic carbocycles. The molecule has 3 aromatic rings. The van der Waals surface area contributed by atoms with Gasteiger partial charge in [-0.25, -0.2) is 17.9 Å². The Morgan fingerprint density at radius 2 is 2.00 bits per heavy atom. The van der Waals surface area contributed by atoms with Gasteiger partial charge in [0.1, 0.15) is 11.6 Å². The van der Waals surface area contributed by atoms with E-state index in [1.165, 1.54) is 28.9 Å². The number of nitrogen functional groups attached to an aromatic ring is 1. The van der Waals surface area contributed by atoms with Gasteiger partial charge in [0.15, 0.2) is 11.5 Å².